The number of nitrogens with zero attached hydrogens (tertiary/aromatic N) is 3. The molecule has 3 fully saturated rings. The predicted octanol–water partition coefficient (Wildman–Crippen LogP) is 0.662. The highest BCUT2D eigenvalue weighted by molar-refractivity contribution is 5.81. The molecule has 2 amide bonds. The van der Waals surface area contributed by atoms with Crippen LogP contribution in [0.2, 0.25) is 0 Å². The summed E-state index contributed by atoms with van der Waals surface area (Å²) in [7, 11) is 0. The van der Waals surface area contributed by atoms with Gasteiger partial charge in [-0.15, -0.1) is 0 Å². The zero-order chi connectivity index (χ0) is 19.1. The molecule has 28 heavy (non-hydrogen) atoms. The molecule has 0 unspecified atom stereocenters. The fraction of sp³-hybridized carbons (Fsp3) is 0.750. The van der Waals surface area contributed by atoms with Crippen LogP contribution < -0.4 is 5.32 Å². The Bertz CT molecular complexity index is 745. The van der Waals surface area contributed by atoms with Crippen LogP contribution in [-0.4, -0.2) is 65.2 Å². The van der Waals surface area contributed by atoms with E-state index in [0.29, 0.717) is 51.6 Å². The molecule has 5 rings (SSSR count). The summed E-state index contributed by atoms with van der Waals surface area (Å²) in [5.74, 6) is 1.66. The molecular formula is C20H28N4O4. The first kappa shape index (κ1) is 18.1. The van der Waals surface area contributed by atoms with Crippen LogP contribution in [-0.2, 0) is 31.2 Å². The summed E-state index contributed by atoms with van der Waals surface area (Å²) < 4.78 is 13.8. The summed E-state index contributed by atoms with van der Waals surface area (Å²) in [6, 6.07) is 0. The van der Waals surface area contributed by atoms with Gasteiger partial charge in [-0.2, -0.15) is 0 Å². The molecule has 0 bridgehead atoms. The van der Waals surface area contributed by atoms with E-state index in [4.69, 9.17) is 9.47 Å². The number of rotatable bonds is 4. The molecule has 8 nitrogen and oxygen atoms in total. The van der Waals surface area contributed by atoms with Crippen LogP contribution in [0.25, 0.3) is 0 Å². The maximum atomic E-state index is 12.7. The van der Waals surface area contributed by atoms with Gasteiger partial charge < -0.3 is 24.3 Å². The highest BCUT2D eigenvalue weighted by atomic mass is 16.5. The molecule has 1 saturated carbocycles. The van der Waals surface area contributed by atoms with Crippen LogP contribution in [0, 0.1) is 11.8 Å². The van der Waals surface area contributed by atoms with Crippen molar-refractivity contribution in [3.8, 4) is 0 Å². The number of carbonyl (C=O) groups is 2. The van der Waals surface area contributed by atoms with Crippen molar-refractivity contribution in [3.05, 3.63) is 18.2 Å². The second-order valence-corrected chi connectivity index (χ2v) is 8.58. The van der Waals surface area contributed by atoms with E-state index in [2.05, 4.69) is 10.3 Å². The van der Waals surface area contributed by atoms with E-state index in [9.17, 15) is 9.59 Å². The Morgan fingerprint density at radius 3 is 2.79 bits per heavy atom. The SMILES string of the molecule is O=C(NCC1CC1)[C@@H]1Cn2ccnc2C2(CCN(C(=O)[C@H]3CCOC3)CC2)O1. The van der Waals surface area contributed by atoms with Crippen molar-refractivity contribution in [3.63, 3.8) is 0 Å². The van der Waals surface area contributed by atoms with Gasteiger partial charge in [0.05, 0.1) is 19.1 Å². The summed E-state index contributed by atoms with van der Waals surface area (Å²) in [4.78, 5) is 31.9. The van der Waals surface area contributed by atoms with Crippen molar-refractivity contribution in [2.45, 2.75) is 50.4 Å². The lowest BCUT2D eigenvalue weighted by atomic mass is 9.87. The van der Waals surface area contributed by atoms with Gasteiger partial charge in [0.15, 0.2) is 6.10 Å². The standard InChI is InChI=1S/C20H28N4O4/c25-17(22-11-14-1-2-14)16-12-24-9-6-21-19(24)20(28-16)4-7-23(8-5-20)18(26)15-3-10-27-13-15/h6,9,14-16H,1-5,7-8,10-13H2,(H,22,25)/t15-,16-/m0/s1. The summed E-state index contributed by atoms with van der Waals surface area (Å²) in [6.45, 7) is 3.69. The number of piperidine rings is 1. The first-order valence-corrected chi connectivity index (χ1v) is 10.5. The molecule has 4 heterocycles. The van der Waals surface area contributed by atoms with Gasteiger partial charge in [-0.25, -0.2) is 4.98 Å². The second-order valence-electron chi connectivity index (χ2n) is 8.58. The van der Waals surface area contributed by atoms with Gasteiger partial charge in [-0.1, -0.05) is 0 Å². The molecule has 1 spiro atoms. The van der Waals surface area contributed by atoms with E-state index in [0.717, 1.165) is 18.8 Å². The minimum absolute atomic E-state index is 0.00994. The Hall–Kier alpha value is -1.93. The number of ether oxygens (including phenoxy) is 2. The average Bonchev–Trinajstić information content (AvgIpc) is 3.17. The average molecular weight is 388 g/mol. The number of fused-ring (bicyclic) bond motifs is 2. The van der Waals surface area contributed by atoms with E-state index in [1.165, 1.54) is 12.8 Å². The van der Waals surface area contributed by atoms with Crippen molar-refractivity contribution < 1.29 is 19.1 Å². The Balaban J connectivity index is 1.28. The van der Waals surface area contributed by atoms with Crippen LogP contribution in [0.4, 0.5) is 0 Å². The first-order valence-electron chi connectivity index (χ1n) is 10.5. The molecule has 4 aliphatic rings. The molecule has 3 aliphatic heterocycles. The molecule has 1 aromatic heterocycles. The van der Waals surface area contributed by atoms with Gasteiger partial charge in [0.25, 0.3) is 5.91 Å². The fourth-order valence-corrected chi connectivity index (χ4v) is 4.63. The summed E-state index contributed by atoms with van der Waals surface area (Å²) in [5, 5.41) is 3.05. The van der Waals surface area contributed by atoms with Crippen molar-refractivity contribution in [2.75, 3.05) is 32.8 Å². The summed E-state index contributed by atoms with van der Waals surface area (Å²) in [6.07, 6.45) is 7.74. The number of imidazole rings is 1. The number of likely N-dealkylation sites (tertiary alicyclic amines) is 1. The molecule has 1 aliphatic carbocycles. The van der Waals surface area contributed by atoms with Gasteiger partial charge in [0.2, 0.25) is 5.91 Å². The van der Waals surface area contributed by atoms with Gasteiger partial charge in [0.1, 0.15) is 11.4 Å². The maximum absolute atomic E-state index is 12.7. The van der Waals surface area contributed by atoms with Crippen molar-refractivity contribution in [2.24, 2.45) is 11.8 Å². The molecule has 0 radical (unpaired) electrons. The lowest BCUT2D eigenvalue weighted by Crippen LogP contribution is -2.55. The van der Waals surface area contributed by atoms with Crippen molar-refractivity contribution >= 4 is 11.8 Å². The van der Waals surface area contributed by atoms with Crippen molar-refractivity contribution in [1.29, 1.82) is 0 Å². The number of amides is 2. The molecule has 0 aromatic carbocycles. The molecule has 152 valence electrons. The minimum atomic E-state index is -0.591. The first-order chi connectivity index (χ1) is 13.6. The van der Waals surface area contributed by atoms with Gasteiger partial charge in [-0.05, 0) is 25.2 Å². The third-order valence-electron chi connectivity index (χ3n) is 6.57. The lowest BCUT2D eigenvalue weighted by Gasteiger charge is -2.45. The minimum Gasteiger partial charge on any atom is -0.381 e. The lowest BCUT2D eigenvalue weighted by molar-refractivity contribution is -0.176. The zero-order valence-corrected chi connectivity index (χ0v) is 16.1. The molecular weight excluding hydrogens is 360 g/mol. The van der Waals surface area contributed by atoms with Crippen LogP contribution in [0.3, 0.4) is 0 Å². The number of hydrogen-bond donors (Lipinski definition) is 1. The van der Waals surface area contributed by atoms with Gasteiger partial charge >= 0.3 is 0 Å². The Labute approximate surface area is 164 Å². The summed E-state index contributed by atoms with van der Waals surface area (Å²) in [5.41, 5.74) is -0.591. The Kier molecular flexibility index (Phi) is 4.63. The molecule has 2 saturated heterocycles. The predicted molar refractivity (Wildman–Crippen MR) is 99.3 cm³/mol. The quantitative estimate of drug-likeness (QED) is 0.819. The number of carbonyl (C=O) groups excluding carboxylic acids is 2. The topological polar surface area (TPSA) is 85.7 Å². The Morgan fingerprint density at radius 1 is 1.25 bits per heavy atom. The third-order valence-corrected chi connectivity index (χ3v) is 6.57. The number of nitrogens with one attached hydrogen (secondary N) is 1. The number of aromatic nitrogens is 2. The van der Waals surface area contributed by atoms with E-state index in [-0.39, 0.29) is 17.7 Å². The second kappa shape index (κ2) is 7.15. The normalized spacial score (nSPS) is 28.9. The van der Waals surface area contributed by atoms with Crippen LogP contribution >= 0.6 is 0 Å². The third kappa shape index (κ3) is 3.33. The molecule has 1 N–H and O–H groups in total. The van der Waals surface area contributed by atoms with Crippen molar-refractivity contribution in [1.82, 2.24) is 19.8 Å². The summed E-state index contributed by atoms with van der Waals surface area (Å²) >= 11 is 0. The largest absolute Gasteiger partial charge is 0.381 e. The highest BCUT2D eigenvalue weighted by Crippen LogP contribution is 2.40. The van der Waals surface area contributed by atoms with Crippen LogP contribution in [0.1, 0.15) is 37.9 Å². The molecule has 1 aromatic rings. The van der Waals surface area contributed by atoms with Gasteiger partial charge in [0, 0.05) is 51.5 Å². The van der Waals surface area contributed by atoms with Crippen LogP contribution in [0.15, 0.2) is 12.4 Å². The number of hydrogen-bond acceptors (Lipinski definition) is 5. The van der Waals surface area contributed by atoms with E-state index >= 15 is 0 Å². The maximum Gasteiger partial charge on any atom is 0.251 e. The zero-order valence-electron chi connectivity index (χ0n) is 16.1. The van der Waals surface area contributed by atoms with Gasteiger partial charge in [-0.3, -0.25) is 9.59 Å². The van der Waals surface area contributed by atoms with E-state index in [1.807, 2.05) is 15.7 Å². The van der Waals surface area contributed by atoms with E-state index < -0.39 is 11.7 Å². The highest BCUT2D eigenvalue weighted by Gasteiger charge is 2.48. The van der Waals surface area contributed by atoms with Crippen LogP contribution in [0.5, 0.6) is 0 Å². The fourth-order valence-electron chi connectivity index (χ4n) is 4.63. The van der Waals surface area contributed by atoms with E-state index in [1.54, 1.807) is 6.20 Å². The molecule has 8 heteroatoms. The Morgan fingerprint density at radius 2 is 2.07 bits per heavy atom. The smallest absolute Gasteiger partial charge is 0.251 e. The molecule has 2 atom stereocenters. The monoisotopic (exact) mass is 388 g/mol.